The summed E-state index contributed by atoms with van der Waals surface area (Å²) in [6.45, 7) is 0.994. The Hall–Kier alpha value is -2.34. The lowest BCUT2D eigenvalue weighted by atomic mass is 10.1. The minimum absolute atomic E-state index is 0.00399. The summed E-state index contributed by atoms with van der Waals surface area (Å²) in [6.07, 6.45) is 6.54. The van der Waals surface area contributed by atoms with Crippen LogP contribution in [0.1, 0.15) is 12.0 Å². The number of anilines is 1. The molecule has 2 amide bonds. The largest absolute Gasteiger partial charge is 0.355 e. The summed E-state index contributed by atoms with van der Waals surface area (Å²) in [5.41, 5.74) is 1.94. The predicted molar refractivity (Wildman–Crippen MR) is 99.6 cm³/mol. The fourth-order valence-electron chi connectivity index (χ4n) is 2.92. The molecular formula is C19H21N3O2S. The van der Waals surface area contributed by atoms with Crippen LogP contribution in [0.5, 0.6) is 0 Å². The fraction of sp³-hybridized carbons (Fsp3) is 0.316. The zero-order valence-corrected chi connectivity index (χ0v) is 15.0. The molecule has 1 fully saturated rings. The number of benzene rings is 1. The van der Waals surface area contributed by atoms with Crippen LogP contribution in [0, 0.1) is 5.92 Å². The highest BCUT2D eigenvalue weighted by atomic mass is 32.2. The maximum absolute atomic E-state index is 12.3. The molecule has 0 radical (unpaired) electrons. The number of hydrogen-bond acceptors (Lipinski definition) is 4. The number of hydrogen-bond donors (Lipinski definition) is 1. The maximum atomic E-state index is 12.3. The molecule has 1 aliphatic heterocycles. The van der Waals surface area contributed by atoms with Crippen LogP contribution in [-0.2, 0) is 16.0 Å². The summed E-state index contributed by atoms with van der Waals surface area (Å²) in [5, 5.41) is 2.93. The molecule has 25 heavy (non-hydrogen) atoms. The minimum Gasteiger partial charge on any atom is -0.355 e. The first-order valence-corrected chi connectivity index (χ1v) is 9.51. The standard InChI is InChI=1S/C19H21N3O2S/c1-25-17-6-4-16(5-7-17)22-13-15(11-18(22)23)19(24)21-10-8-14-3-2-9-20-12-14/h2-7,9,12,15H,8,10-11,13H2,1H3,(H,21,24). The van der Waals surface area contributed by atoms with Crippen molar-refractivity contribution in [3.63, 3.8) is 0 Å². The van der Waals surface area contributed by atoms with Crippen molar-refractivity contribution in [3.05, 3.63) is 54.4 Å². The van der Waals surface area contributed by atoms with Crippen molar-refractivity contribution in [3.8, 4) is 0 Å². The molecule has 1 saturated heterocycles. The number of rotatable bonds is 6. The Kier molecular flexibility index (Phi) is 5.71. The Bertz CT molecular complexity index is 734. The van der Waals surface area contributed by atoms with E-state index in [0.717, 1.165) is 22.6 Å². The lowest BCUT2D eigenvalue weighted by molar-refractivity contribution is -0.126. The van der Waals surface area contributed by atoms with Gasteiger partial charge >= 0.3 is 0 Å². The number of carbonyl (C=O) groups is 2. The van der Waals surface area contributed by atoms with Gasteiger partial charge in [0.1, 0.15) is 0 Å². The van der Waals surface area contributed by atoms with Crippen molar-refractivity contribution in [2.24, 2.45) is 5.92 Å². The molecule has 0 saturated carbocycles. The first-order valence-electron chi connectivity index (χ1n) is 8.28. The molecule has 3 rings (SSSR count). The third-order valence-electron chi connectivity index (χ3n) is 4.32. The minimum atomic E-state index is -0.290. The number of thioether (sulfide) groups is 1. The molecule has 1 unspecified atom stereocenters. The van der Waals surface area contributed by atoms with E-state index in [-0.39, 0.29) is 24.2 Å². The zero-order chi connectivity index (χ0) is 17.6. The number of pyridine rings is 1. The van der Waals surface area contributed by atoms with Gasteiger partial charge in [-0.25, -0.2) is 0 Å². The fourth-order valence-corrected chi connectivity index (χ4v) is 3.32. The van der Waals surface area contributed by atoms with Gasteiger partial charge in [-0.05, 0) is 48.6 Å². The van der Waals surface area contributed by atoms with Crippen LogP contribution in [0.4, 0.5) is 5.69 Å². The molecule has 6 heteroatoms. The van der Waals surface area contributed by atoms with Gasteiger partial charge in [0.25, 0.3) is 0 Å². The highest BCUT2D eigenvalue weighted by Gasteiger charge is 2.34. The molecule has 0 aliphatic carbocycles. The van der Waals surface area contributed by atoms with Crippen molar-refractivity contribution in [2.45, 2.75) is 17.7 Å². The van der Waals surface area contributed by atoms with E-state index < -0.39 is 0 Å². The monoisotopic (exact) mass is 355 g/mol. The Balaban J connectivity index is 1.53. The first-order chi connectivity index (χ1) is 12.2. The predicted octanol–water partition coefficient (Wildman–Crippen LogP) is 2.52. The number of aromatic nitrogens is 1. The van der Waals surface area contributed by atoms with Crippen molar-refractivity contribution < 1.29 is 9.59 Å². The van der Waals surface area contributed by atoms with Gasteiger partial charge < -0.3 is 10.2 Å². The average molecular weight is 355 g/mol. The molecule has 1 aromatic carbocycles. The van der Waals surface area contributed by atoms with Crippen LogP contribution in [0.3, 0.4) is 0 Å². The van der Waals surface area contributed by atoms with Crippen molar-refractivity contribution in [1.29, 1.82) is 0 Å². The SMILES string of the molecule is CSc1ccc(N2CC(C(=O)NCCc3cccnc3)CC2=O)cc1. The summed E-state index contributed by atoms with van der Waals surface area (Å²) < 4.78 is 0. The zero-order valence-electron chi connectivity index (χ0n) is 14.1. The molecule has 1 atom stereocenters. The average Bonchev–Trinajstić information content (AvgIpc) is 3.04. The van der Waals surface area contributed by atoms with E-state index in [1.807, 2.05) is 42.7 Å². The van der Waals surface area contributed by atoms with Crippen LogP contribution < -0.4 is 10.2 Å². The lowest BCUT2D eigenvalue weighted by Crippen LogP contribution is -2.34. The molecule has 0 bridgehead atoms. The van der Waals surface area contributed by atoms with E-state index in [4.69, 9.17) is 0 Å². The second kappa shape index (κ2) is 8.16. The third kappa shape index (κ3) is 4.39. The van der Waals surface area contributed by atoms with Crippen LogP contribution in [0.25, 0.3) is 0 Å². The van der Waals surface area contributed by atoms with Crippen LogP contribution in [-0.4, -0.2) is 36.1 Å². The molecular weight excluding hydrogens is 334 g/mol. The molecule has 1 aliphatic rings. The van der Waals surface area contributed by atoms with Gasteiger partial charge in [-0.15, -0.1) is 11.8 Å². The summed E-state index contributed by atoms with van der Waals surface area (Å²) in [5.74, 6) is -0.341. The normalized spacial score (nSPS) is 16.9. The quantitative estimate of drug-likeness (QED) is 0.809. The van der Waals surface area contributed by atoms with Crippen molar-refractivity contribution in [1.82, 2.24) is 10.3 Å². The van der Waals surface area contributed by atoms with E-state index in [9.17, 15) is 9.59 Å². The van der Waals surface area contributed by atoms with Crippen molar-refractivity contribution >= 4 is 29.3 Å². The maximum Gasteiger partial charge on any atom is 0.227 e. The van der Waals surface area contributed by atoms with Crippen LogP contribution in [0.2, 0.25) is 0 Å². The Morgan fingerprint density at radius 1 is 1.32 bits per heavy atom. The molecule has 2 heterocycles. The molecule has 130 valence electrons. The van der Waals surface area contributed by atoms with Gasteiger partial charge in [-0.3, -0.25) is 14.6 Å². The van der Waals surface area contributed by atoms with Crippen LogP contribution in [0.15, 0.2) is 53.7 Å². The topological polar surface area (TPSA) is 62.3 Å². The second-order valence-corrected chi connectivity index (χ2v) is 6.89. The molecule has 1 N–H and O–H groups in total. The Morgan fingerprint density at radius 2 is 2.12 bits per heavy atom. The Morgan fingerprint density at radius 3 is 2.80 bits per heavy atom. The first kappa shape index (κ1) is 17.5. The van der Waals surface area contributed by atoms with Gasteiger partial charge in [0.15, 0.2) is 0 Å². The van der Waals surface area contributed by atoms with E-state index in [1.54, 1.807) is 29.1 Å². The van der Waals surface area contributed by atoms with Gasteiger partial charge in [0, 0.05) is 42.5 Å². The van der Waals surface area contributed by atoms with E-state index in [2.05, 4.69) is 10.3 Å². The number of nitrogens with zero attached hydrogens (tertiary/aromatic N) is 2. The van der Waals surface area contributed by atoms with E-state index in [1.165, 1.54) is 0 Å². The van der Waals surface area contributed by atoms with E-state index in [0.29, 0.717) is 13.1 Å². The number of nitrogens with one attached hydrogen (secondary N) is 1. The summed E-state index contributed by atoms with van der Waals surface area (Å²) in [4.78, 5) is 31.5. The van der Waals surface area contributed by atoms with Crippen molar-refractivity contribution in [2.75, 3.05) is 24.2 Å². The number of carbonyl (C=O) groups excluding carboxylic acids is 2. The number of amides is 2. The summed E-state index contributed by atoms with van der Waals surface area (Å²) in [7, 11) is 0. The summed E-state index contributed by atoms with van der Waals surface area (Å²) >= 11 is 1.66. The van der Waals surface area contributed by atoms with Gasteiger partial charge in [-0.1, -0.05) is 6.07 Å². The summed E-state index contributed by atoms with van der Waals surface area (Å²) in [6, 6.07) is 11.7. The second-order valence-electron chi connectivity index (χ2n) is 6.01. The van der Waals surface area contributed by atoms with E-state index >= 15 is 0 Å². The smallest absolute Gasteiger partial charge is 0.227 e. The third-order valence-corrected chi connectivity index (χ3v) is 5.06. The highest BCUT2D eigenvalue weighted by molar-refractivity contribution is 7.98. The highest BCUT2D eigenvalue weighted by Crippen LogP contribution is 2.27. The molecule has 0 spiro atoms. The van der Waals surface area contributed by atoms with Crippen LogP contribution >= 0.6 is 11.8 Å². The van der Waals surface area contributed by atoms with Gasteiger partial charge in [0.05, 0.1) is 5.92 Å². The van der Waals surface area contributed by atoms with Gasteiger partial charge in [-0.2, -0.15) is 0 Å². The molecule has 2 aromatic rings. The molecule has 5 nitrogen and oxygen atoms in total. The lowest BCUT2D eigenvalue weighted by Gasteiger charge is -2.17. The van der Waals surface area contributed by atoms with Gasteiger partial charge in [0.2, 0.25) is 11.8 Å². The Labute approximate surface area is 151 Å². The molecule has 1 aromatic heterocycles.